The predicted molar refractivity (Wildman–Crippen MR) is 50.0 cm³/mol. The topological polar surface area (TPSA) is 29.1 Å². The van der Waals surface area contributed by atoms with Crippen molar-refractivity contribution in [1.82, 2.24) is 5.32 Å². The van der Waals surface area contributed by atoms with Gasteiger partial charge in [0.1, 0.15) is 6.29 Å². The zero-order valence-corrected chi connectivity index (χ0v) is 8.05. The highest BCUT2D eigenvalue weighted by molar-refractivity contribution is 5.53. The van der Waals surface area contributed by atoms with Crippen LogP contribution in [0.1, 0.15) is 32.6 Å². The third-order valence-corrected chi connectivity index (χ3v) is 3.17. The Morgan fingerprint density at radius 2 is 1.92 bits per heavy atom. The van der Waals surface area contributed by atoms with Crippen molar-refractivity contribution in [2.45, 2.75) is 38.6 Å². The van der Waals surface area contributed by atoms with Crippen LogP contribution in [0.15, 0.2) is 0 Å². The van der Waals surface area contributed by atoms with Crippen LogP contribution >= 0.6 is 0 Å². The van der Waals surface area contributed by atoms with E-state index in [4.69, 9.17) is 0 Å². The zero-order valence-electron chi connectivity index (χ0n) is 8.05. The molecule has 2 heteroatoms. The maximum Gasteiger partial charge on any atom is 0.123 e. The summed E-state index contributed by atoms with van der Waals surface area (Å²) >= 11 is 0. The van der Waals surface area contributed by atoms with E-state index in [0.717, 1.165) is 25.0 Å². The first-order valence-electron chi connectivity index (χ1n) is 4.90. The van der Waals surface area contributed by atoms with Crippen molar-refractivity contribution in [3.63, 3.8) is 0 Å². The minimum Gasteiger partial charge on any atom is -0.317 e. The van der Waals surface area contributed by atoms with Gasteiger partial charge in [0, 0.05) is 12.0 Å². The molecule has 12 heavy (non-hydrogen) atoms. The Hall–Kier alpha value is -0.370. The first kappa shape index (κ1) is 9.72. The number of nitrogens with one attached hydrogen (secondary N) is 1. The van der Waals surface area contributed by atoms with Crippen molar-refractivity contribution in [2.24, 2.45) is 11.8 Å². The lowest BCUT2D eigenvalue weighted by Crippen LogP contribution is -2.33. The highest BCUT2D eigenvalue weighted by atomic mass is 16.1. The summed E-state index contributed by atoms with van der Waals surface area (Å²) in [5.74, 6) is 1.14. The molecule has 0 aromatic carbocycles. The largest absolute Gasteiger partial charge is 0.317 e. The molecule has 1 N–H and O–H groups in total. The summed E-state index contributed by atoms with van der Waals surface area (Å²) < 4.78 is 0. The summed E-state index contributed by atoms with van der Waals surface area (Å²) in [6, 6.07) is 0.609. The van der Waals surface area contributed by atoms with Crippen LogP contribution in [0, 0.1) is 11.8 Å². The monoisotopic (exact) mass is 169 g/mol. The molecule has 1 aliphatic carbocycles. The van der Waals surface area contributed by atoms with Crippen molar-refractivity contribution in [2.75, 3.05) is 7.05 Å². The molecule has 0 radical (unpaired) electrons. The second-order valence-corrected chi connectivity index (χ2v) is 3.89. The second kappa shape index (κ2) is 4.61. The molecule has 0 amide bonds. The van der Waals surface area contributed by atoms with Crippen molar-refractivity contribution in [3.05, 3.63) is 0 Å². The van der Waals surface area contributed by atoms with E-state index in [2.05, 4.69) is 12.2 Å². The highest BCUT2D eigenvalue weighted by Gasteiger charge is 2.23. The molecule has 0 aromatic heterocycles. The lowest BCUT2D eigenvalue weighted by molar-refractivity contribution is -0.112. The molecule has 1 unspecified atom stereocenters. The van der Waals surface area contributed by atoms with Gasteiger partial charge in [-0.3, -0.25) is 0 Å². The molecule has 1 aliphatic rings. The highest BCUT2D eigenvalue weighted by Crippen LogP contribution is 2.29. The summed E-state index contributed by atoms with van der Waals surface area (Å²) in [4.78, 5) is 10.5. The van der Waals surface area contributed by atoms with Gasteiger partial charge in [0.2, 0.25) is 0 Å². The molecule has 1 rings (SSSR count). The van der Waals surface area contributed by atoms with Gasteiger partial charge in [-0.1, -0.05) is 0 Å². The molecule has 0 spiro atoms. The van der Waals surface area contributed by atoms with E-state index in [0.29, 0.717) is 12.0 Å². The fourth-order valence-corrected chi connectivity index (χ4v) is 2.02. The van der Waals surface area contributed by atoms with Gasteiger partial charge in [-0.25, -0.2) is 0 Å². The van der Waals surface area contributed by atoms with Crippen LogP contribution in [0.3, 0.4) is 0 Å². The van der Waals surface area contributed by atoms with Crippen LogP contribution in [-0.2, 0) is 4.79 Å². The molecule has 0 aliphatic heterocycles. The van der Waals surface area contributed by atoms with Gasteiger partial charge in [0.15, 0.2) is 0 Å². The van der Waals surface area contributed by atoms with Crippen molar-refractivity contribution in [3.8, 4) is 0 Å². The number of carbonyl (C=O) groups is 1. The van der Waals surface area contributed by atoms with Crippen LogP contribution in [0.2, 0.25) is 0 Å². The van der Waals surface area contributed by atoms with Crippen molar-refractivity contribution >= 4 is 6.29 Å². The average molecular weight is 169 g/mol. The zero-order chi connectivity index (χ0) is 8.97. The van der Waals surface area contributed by atoms with Crippen LogP contribution in [0.5, 0.6) is 0 Å². The van der Waals surface area contributed by atoms with Gasteiger partial charge in [-0.15, -0.1) is 0 Å². The fraction of sp³-hybridized carbons (Fsp3) is 0.900. The number of aldehydes is 1. The second-order valence-electron chi connectivity index (χ2n) is 3.89. The Kier molecular flexibility index (Phi) is 3.73. The van der Waals surface area contributed by atoms with Crippen LogP contribution < -0.4 is 5.32 Å². The van der Waals surface area contributed by atoms with Crippen LogP contribution in [0.25, 0.3) is 0 Å². The Morgan fingerprint density at radius 1 is 1.33 bits per heavy atom. The van der Waals surface area contributed by atoms with Crippen molar-refractivity contribution in [1.29, 1.82) is 0 Å². The van der Waals surface area contributed by atoms with E-state index < -0.39 is 0 Å². The van der Waals surface area contributed by atoms with Gasteiger partial charge in [-0.05, 0) is 45.6 Å². The standard InChI is InChI=1S/C10H19NO/c1-8(11-2)10-5-3-9(7-12)4-6-10/h7-11H,3-6H2,1-2H3. The van der Waals surface area contributed by atoms with Gasteiger partial charge in [0.25, 0.3) is 0 Å². The molecule has 70 valence electrons. The number of hydrogen-bond donors (Lipinski definition) is 1. The van der Waals surface area contributed by atoms with E-state index in [1.54, 1.807) is 0 Å². The van der Waals surface area contributed by atoms with Crippen LogP contribution in [-0.4, -0.2) is 19.4 Å². The molecule has 0 heterocycles. The van der Waals surface area contributed by atoms with Gasteiger partial charge < -0.3 is 10.1 Å². The smallest absolute Gasteiger partial charge is 0.123 e. The van der Waals surface area contributed by atoms with Gasteiger partial charge in [-0.2, -0.15) is 0 Å². The number of rotatable bonds is 3. The maximum absolute atomic E-state index is 10.5. The molecule has 1 fully saturated rings. The molecule has 0 bridgehead atoms. The van der Waals surface area contributed by atoms with Gasteiger partial charge in [0.05, 0.1) is 0 Å². The lowest BCUT2D eigenvalue weighted by atomic mass is 9.79. The normalized spacial score (nSPS) is 32.8. The van der Waals surface area contributed by atoms with E-state index in [1.807, 2.05) is 7.05 Å². The van der Waals surface area contributed by atoms with E-state index >= 15 is 0 Å². The number of carbonyl (C=O) groups excluding carboxylic acids is 1. The molecular weight excluding hydrogens is 150 g/mol. The minimum absolute atomic E-state index is 0.352. The van der Waals surface area contributed by atoms with E-state index in [1.165, 1.54) is 12.8 Å². The van der Waals surface area contributed by atoms with Crippen LogP contribution in [0.4, 0.5) is 0 Å². The molecule has 1 saturated carbocycles. The summed E-state index contributed by atoms with van der Waals surface area (Å²) in [6.45, 7) is 2.23. The molecule has 1 atom stereocenters. The SMILES string of the molecule is CNC(C)C1CCC(C=O)CC1. The Balaban J connectivity index is 2.30. The molecule has 2 nitrogen and oxygen atoms in total. The first-order chi connectivity index (χ1) is 5.77. The predicted octanol–water partition coefficient (Wildman–Crippen LogP) is 1.60. The third kappa shape index (κ3) is 2.31. The summed E-state index contributed by atoms with van der Waals surface area (Å²) in [5.41, 5.74) is 0. The van der Waals surface area contributed by atoms with Gasteiger partial charge >= 0.3 is 0 Å². The molecule has 0 saturated heterocycles. The maximum atomic E-state index is 10.5. The molecular formula is C10H19NO. The Bertz CT molecular complexity index is 139. The summed E-state index contributed by atoms with van der Waals surface area (Å²) in [5, 5.41) is 3.28. The fourth-order valence-electron chi connectivity index (χ4n) is 2.02. The first-order valence-corrected chi connectivity index (χ1v) is 4.90. The lowest BCUT2D eigenvalue weighted by Gasteiger charge is -2.29. The van der Waals surface area contributed by atoms with E-state index in [9.17, 15) is 4.79 Å². The van der Waals surface area contributed by atoms with Crippen molar-refractivity contribution < 1.29 is 4.79 Å². The minimum atomic E-state index is 0.352. The third-order valence-electron chi connectivity index (χ3n) is 3.17. The van der Waals surface area contributed by atoms with E-state index in [-0.39, 0.29) is 0 Å². The quantitative estimate of drug-likeness (QED) is 0.650. The number of hydrogen-bond acceptors (Lipinski definition) is 2. The summed E-state index contributed by atoms with van der Waals surface area (Å²) in [7, 11) is 2.01. The Morgan fingerprint density at radius 3 is 2.33 bits per heavy atom. The summed E-state index contributed by atoms with van der Waals surface area (Å²) in [6.07, 6.45) is 5.75. The Labute approximate surface area is 74.7 Å². The average Bonchev–Trinajstić information content (AvgIpc) is 2.17. The molecule has 0 aromatic rings.